The van der Waals surface area contributed by atoms with Crippen molar-refractivity contribution in [3.05, 3.63) is 21.9 Å². The predicted molar refractivity (Wildman–Crippen MR) is 39.1 cm³/mol. The molecule has 0 aliphatic rings. The predicted octanol–water partition coefficient (Wildman–Crippen LogP) is -1.66. The number of hydrogen-bond acceptors (Lipinski definition) is 4. The van der Waals surface area contributed by atoms with Crippen LogP contribution in [0.2, 0.25) is 0 Å². The van der Waals surface area contributed by atoms with Gasteiger partial charge in [0.1, 0.15) is 4.60 Å². The van der Waals surface area contributed by atoms with E-state index in [2.05, 4.69) is 36.6 Å². The van der Waals surface area contributed by atoms with Crippen LogP contribution < -0.4 is 35.0 Å². The van der Waals surface area contributed by atoms with Crippen molar-refractivity contribution in [2.24, 2.45) is 5.29 Å². The van der Waals surface area contributed by atoms with Gasteiger partial charge in [-0.2, -0.15) is 0 Å². The van der Waals surface area contributed by atoms with Crippen molar-refractivity contribution in [2.75, 3.05) is 5.43 Å². The summed E-state index contributed by atoms with van der Waals surface area (Å²) in [5, 5.41) is 2.42. The van der Waals surface area contributed by atoms with Gasteiger partial charge in [-0.1, -0.05) is 0 Å². The molecule has 1 aromatic rings. The molecule has 5 nitrogen and oxygen atoms in total. The molecule has 1 heterocycles. The number of aromatic nitrogens is 2. The first kappa shape index (κ1) is 11.0. The van der Waals surface area contributed by atoms with Gasteiger partial charge in [0.15, 0.2) is 5.82 Å². The van der Waals surface area contributed by atoms with Crippen LogP contribution in [0, 0.1) is 4.91 Å². The zero-order valence-corrected chi connectivity index (χ0v) is 9.37. The van der Waals surface area contributed by atoms with Crippen molar-refractivity contribution >= 4 is 21.7 Å². The molecule has 0 unspecified atom stereocenters. The molecule has 0 spiro atoms. The van der Waals surface area contributed by atoms with Crippen LogP contribution in [0.25, 0.3) is 0 Å². The normalized spacial score (nSPS) is 8.09. The largest absolute Gasteiger partial charge is 1.00 e. The molecule has 0 amide bonds. The van der Waals surface area contributed by atoms with E-state index in [1.165, 1.54) is 12.4 Å². The molecule has 1 rings (SSSR count). The molecular formula is C4H3BrN4NaO+. The minimum Gasteiger partial charge on any atom is -0.244 e. The maximum Gasteiger partial charge on any atom is 1.00 e. The summed E-state index contributed by atoms with van der Waals surface area (Å²) in [5.41, 5.74) is 2.11. The molecule has 0 aromatic carbocycles. The molecular weight excluding hydrogens is 223 g/mol. The number of hydrogen-bond donors (Lipinski definition) is 1. The summed E-state index contributed by atoms with van der Waals surface area (Å²) in [6.45, 7) is 0. The first-order chi connectivity index (χ1) is 4.83. The molecule has 0 aliphatic carbocycles. The zero-order valence-electron chi connectivity index (χ0n) is 5.78. The van der Waals surface area contributed by atoms with Gasteiger partial charge in [0.05, 0.1) is 17.7 Å². The maximum absolute atomic E-state index is 9.62. The Bertz CT molecular complexity index is 228. The fourth-order valence-electron chi connectivity index (χ4n) is 0.417. The number of nitroso groups, excluding NO2 is 1. The number of nitrogens with zero attached hydrogens (tertiary/aromatic N) is 3. The SMILES string of the molecule is O=NNc1cnc(Br)cn1.[Na+]. The zero-order chi connectivity index (χ0) is 7.40. The molecule has 0 atom stereocenters. The van der Waals surface area contributed by atoms with E-state index in [0.717, 1.165) is 0 Å². The van der Waals surface area contributed by atoms with E-state index < -0.39 is 0 Å². The molecule has 0 saturated carbocycles. The van der Waals surface area contributed by atoms with E-state index in [1.807, 2.05) is 0 Å². The van der Waals surface area contributed by atoms with Gasteiger partial charge in [0, 0.05) is 0 Å². The summed E-state index contributed by atoms with van der Waals surface area (Å²) in [6, 6.07) is 0. The summed E-state index contributed by atoms with van der Waals surface area (Å²) in [4.78, 5) is 17.2. The number of nitrogens with one attached hydrogen (secondary N) is 1. The average molecular weight is 226 g/mol. The molecule has 7 heteroatoms. The van der Waals surface area contributed by atoms with Gasteiger partial charge < -0.3 is 0 Å². The Hall–Kier alpha value is -0.0400. The standard InChI is InChI=1S/C4H3BrN4O.Na/c5-3-1-7-4(2-6-3)8-9-10;/h1-2H,(H,7,8,10);/q;+1. The smallest absolute Gasteiger partial charge is 0.244 e. The van der Waals surface area contributed by atoms with E-state index in [9.17, 15) is 4.91 Å². The van der Waals surface area contributed by atoms with Crippen molar-refractivity contribution in [3.8, 4) is 0 Å². The molecule has 0 fully saturated rings. The average Bonchev–Trinajstić information content (AvgIpc) is 1.95. The van der Waals surface area contributed by atoms with Crippen molar-refractivity contribution in [3.63, 3.8) is 0 Å². The van der Waals surface area contributed by atoms with Crippen LogP contribution in [0.4, 0.5) is 5.82 Å². The number of halogens is 1. The van der Waals surface area contributed by atoms with Crippen LogP contribution in [0.15, 0.2) is 22.3 Å². The summed E-state index contributed by atoms with van der Waals surface area (Å²) in [5.74, 6) is 0.332. The van der Waals surface area contributed by atoms with Gasteiger partial charge in [-0.15, -0.1) is 4.91 Å². The third kappa shape index (κ3) is 3.76. The quantitative estimate of drug-likeness (QED) is 0.372. The fraction of sp³-hybridized carbons (Fsp3) is 0. The first-order valence-electron chi connectivity index (χ1n) is 2.39. The monoisotopic (exact) mass is 225 g/mol. The van der Waals surface area contributed by atoms with Gasteiger partial charge in [0.2, 0.25) is 0 Å². The van der Waals surface area contributed by atoms with Crippen molar-refractivity contribution in [1.82, 2.24) is 9.97 Å². The third-order valence-electron chi connectivity index (χ3n) is 0.781. The van der Waals surface area contributed by atoms with E-state index >= 15 is 0 Å². The Kier molecular flexibility index (Phi) is 5.57. The summed E-state index contributed by atoms with van der Waals surface area (Å²) < 4.78 is 0.615. The second kappa shape index (κ2) is 5.59. The van der Waals surface area contributed by atoms with Crippen molar-refractivity contribution in [2.45, 2.75) is 0 Å². The second-order valence-electron chi connectivity index (χ2n) is 1.43. The molecule has 0 aliphatic heterocycles. The molecule has 1 aromatic heterocycles. The Morgan fingerprint density at radius 2 is 2.18 bits per heavy atom. The van der Waals surface area contributed by atoms with Gasteiger partial charge in [-0.05, 0) is 15.9 Å². The Morgan fingerprint density at radius 1 is 1.45 bits per heavy atom. The van der Waals surface area contributed by atoms with Gasteiger partial charge in [0.25, 0.3) is 0 Å². The van der Waals surface area contributed by atoms with E-state index in [4.69, 9.17) is 0 Å². The van der Waals surface area contributed by atoms with Crippen LogP contribution in [0.1, 0.15) is 0 Å². The molecule has 11 heavy (non-hydrogen) atoms. The summed E-state index contributed by atoms with van der Waals surface area (Å²) in [7, 11) is 0. The van der Waals surface area contributed by atoms with E-state index in [0.29, 0.717) is 10.4 Å². The summed E-state index contributed by atoms with van der Waals surface area (Å²) in [6.07, 6.45) is 2.86. The Labute approximate surface area is 93.4 Å². The second-order valence-corrected chi connectivity index (χ2v) is 2.24. The minimum atomic E-state index is 0. The number of rotatable bonds is 2. The number of anilines is 1. The van der Waals surface area contributed by atoms with Crippen LogP contribution in [-0.4, -0.2) is 9.97 Å². The Morgan fingerprint density at radius 3 is 2.64 bits per heavy atom. The van der Waals surface area contributed by atoms with Crippen LogP contribution in [0.3, 0.4) is 0 Å². The molecule has 0 radical (unpaired) electrons. The topological polar surface area (TPSA) is 67.2 Å². The van der Waals surface area contributed by atoms with Crippen LogP contribution in [-0.2, 0) is 0 Å². The third-order valence-corrected chi connectivity index (χ3v) is 1.19. The molecule has 1 N–H and O–H groups in total. The van der Waals surface area contributed by atoms with Crippen LogP contribution in [0.5, 0.6) is 0 Å². The maximum atomic E-state index is 9.62. The van der Waals surface area contributed by atoms with Crippen molar-refractivity contribution < 1.29 is 29.6 Å². The van der Waals surface area contributed by atoms with E-state index in [1.54, 1.807) is 0 Å². The van der Waals surface area contributed by atoms with E-state index in [-0.39, 0.29) is 29.6 Å². The summed E-state index contributed by atoms with van der Waals surface area (Å²) >= 11 is 3.09. The van der Waals surface area contributed by atoms with Crippen molar-refractivity contribution in [1.29, 1.82) is 0 Å². The molecule has 0 saturated heterocycles. The molecule has 52 valence electrons. The van der Waals surface area contributed by atoms with Gasteiger partial charge >= 0.3 is 29.6 Å². The molecule has 0 bridgehead atoms. The first-order valence-corrected chi connectivity index (χ1v) is 3.18. The fourth-order valence-corrected chi connectivity index (χ4v) is 0.622. The Balaban J connectivity index is 0.000001000. The van der Waals surface area contributed by atoms with Crippen LogP contribution >= 0.6 is 15.9 Å². The van der Waals surface area contributed by atoms with Gasteiger partial charge in [-0.25, -0.2) is 15.4 Å². The van der Waals surface area contributed by atoms with Gasteiger partial charge in [-0.3, -0.25) is 0 Å². The minimum absolute atomic E-state index is 0.